The van der Waals surface area contributed by atoms with Crippen LogP contribution in [0.3, 0.4) is 0 Å². The highest BCUT2D eigenvalue weighted by Crippen LogP contribution is 2.28. The van der Waals surface area contributed by atoms with Crippen LogP contribution in [0.1, 0.15) is 24.8 Å². The largest absolute Gasteiger partial charge is 0.298 e. The zero-order valence-electron chi connectivity index (χ0n) is 11.3. The van der Waals surface area contributed by atoms with Crippen LogP contribution in [0.5, 0.6) is 0 Å². The molecule has 2 fully saturated rings. The molecule has 112 valence electrons. The van der Waals surface area contributed by atoms with Crippen LogP contribution in [-0.2, 0) is 15.9 Å². The normalized spacial score (nSPS) is 25.6. The van der Waals surface area contributed by atoms with E-state index in [-0.39, 0.29) is 0 Å². The zero-order chi connectivity index (χ0) is 14.2. The SMILES string of the molecule is O=S(=O)(c1cc(CCl)cs1)N1CCN2CCCCC2C1. The van der Waals surface area contributed by atoms with Gasteiger partial charge >= 0.3 is 0 Å². The van der Waals surface area contributed by atoms with E-state index < -0.39 is 10.0 Å². The lowest BCUT2D eigenvalue weighted by Gasteiger charge is -2.43. The monoisotopic (exact) mass is 334 g/mol. The molecule has 20 heavy (non-hydrogen) atoms. The van der Waals surface area contributed by atoms with Crippen LogP contribution in [0.4, 0.5) is 0 Å². The number of sulfonamides is 1. The molecule has 0 N–H and O–H groups in total. The number of halogens is 1. The van der Waals surface area contributed by atoms with Gasteiger partial charge in [0.05, 0.1) is 0 Å². The summed E-state index contributed by atoms with van der Waals surface area (Å²) in [5.41, 5.74) is 0.881. The smallest absolute Gasteiger partial charge is 0.252 e. The Balaban J connectivity index is 1.77. The summed E-state index contributed by atoms with van der Waals surface area (Å²) >= 11 is 7.04. The van der Waals surface area contributed by atoms with Crippen LogP contribution in [0, 0.1) is 0 Å². The molecule has 0 radical (unpaired) electrons. The summed E-state index contributed by atoms with van der Waals surface area (Å²) in [6, 6.07) is 2.11. The van der Waals surface area contributed by atoms with Crippen molar-refractivity contribution >= 4 is 33.0 Å². The summed E-state index contributed by atoms with van der Waals surface area (Å²) in [7, 11) is -3.34. The fraction of sp³-hybridized carbons (Fsp3) is 0.692. The molecule has 2 aliphatic heterocycles. The molecule has 2 aliphatic rings. The summed E-state index contributed by atoms with van der Waals surface area (Å²) < 4.78 is 27.4. The maximum Gasteiger partial charge on any atom is 0.252 e. The Labute approximate surface area is 129 Å². The summed E-state index contributed by atoms with van der Waals surface area (Å²) in [4.78, 5) is 2.44. The minimum Gasteiger partial charge on any atom is -0.298 e. The molecule has 0 aromatic carbocycles. The third-order valence-electron chi connectivity index (χ3n) is 4.18. The van der Waals surface area contributed by atoms with Gasteiger partial charge in [-0.15, -0.1) is 22.9 Å². The predicted octanol–water partition coefficient (Wildman–Crippen LogP) is 2.35. The highest BCUT2D eigenvalue weighted by molar-refractivity contribution is 7.91. The molecule has 0 bridgehead atoms. The fourth-order valence-corrected chi connectivity index (χ4v) is 6.11. The molecule has 3 heterocycles. The third kappa shape index (κ3) is 2.76. The molecule has 1 atom stereocenters. The third-order valence-corrected chi connectivity index (χ3v) is 7.82. The zero-order valence-corrected chi connectivity index (χ0v) is 13.7. The Morgan fingerprint density at radius 3 is 2.90 bits per heavy atom. The van der Waals surface area contributed by atoms with E-state index in [9.17, 15) is 8.42 Å². The number of nitrogens with zero attached hydrogens (tertiary/aromatic N) is 2. The first-order valence-corrected chi connectivity index (χ1v) is 9.84. The number of rotatable bonds is 3. The number of hydrogen-bond acceptors (Lipinski definition) is 4. The number of thiophene rings is 1. The highest BCUT2D eigenvalue weighted by Gasteiger charge is 2.35. The molecule has 7 heteroatoms. The lowest BCUT2D eigenvalue weighted by Crippen LogP contribution is -2.55. The van der Waals surface area contributed by atoms with Gasteiger partial charge in [0.15, 0.2) is 0 Å². The van der Waals surface area contributed by atoms with Crippen molar-refractivity contribution in [3.05, 3.63) is 17.0 Å². The first kappa shape index (κ1) is 14.8. The van der Waals surface area contributed by atoms with Crippen molar-refractivity contribution in [2.45, 2.75) is 35.4 Å². The Bertz CT molecular complexity index is 573. The Morgan fingerprint density at radius 1 is 1.30 bits per heavy atom. The molecule has 0 saturated carbocycles. The lowest BCUT2D eigenvalue weighted by atomic mass is 10.0. The first-order valence-electron chi connectivity index (χ1n) is 6.99. The van der Waals surface area contributed by atoms with Crippen molar-refractivity contribution in [2.75, 3.05) is 26.2 Å². The van der Waals surface area contributed by atoms with Gasteiger partial charge in [-0.25, -0.2) is 8.42 Å². The number of hydrogen-bond donors (Lipinski definition) is 0. The van der Waals surface area contributed by atoms with E-state index in [4.69, 9.17) is 11.6 Å². The van der Waals surface area contributed by atoms with Crippen molar-refractivity contribution in [2.24, 2.45) is 0 Å². The molecular formula is C13H19ClN2O2S2. The Morgan fingerprint density at radius 2 is 2.15 bits per heavy atom. The molecule has 0 amide bonds. The van der Waals surface area contributed by atoms with Gasteiger partial charge in [-0.3, -0.25) is 4.90 Å². The predicted molar refractivity (Wildman–Crippen MR) is 81.8 cm³/mol. The van der Waals surface area contributed by atoms with Crippen LogP contribution < -0.4 is 0 Å². The average Bonchev–Trinajstić information content (AvgIpc) is 2.96. The van der Waals surface area contributed by atoms with Gasteiger partial charge in [0, 0.05) is 31.6 Å². The fourth-order valence-electron chi connectivity index (χ4n) is 3.03. The van der Waals surface area contributed by atoms with Crippen LogP contribution >= 0.6 is 22.9 Å². The van der Waals surface area contributed by atoms with E-state index in [1.807, 2.05) is 5.38 Å². The van der Waals surface area contributed by atoms with Gasteiger partial charge in [-0.1, -0.05) is 6.42 Å². The van der Waals surface area contributed by atoms with E-state index in [0.29, 0.717) is 29.2 Å². The van der Waals surface area contributed by atoms with Crippen LogP contribution in [0.15, 0.2) is 15.7 Å². The van der Waals surface area contributed by atoms with Gasteiger partial charge in [-0.2, -0.15) is 4.31 Å². The molecular weight excluding hydrogens is 316 g/mol. The van der Waals surface area contributed by atoms with E-state index in [2.05, 4.69) is 4.90 Å². The second-order valence-corrected chi connectivity index (χ2v) is 8.80. The maximum atomic E-state index is 12.7. The number of piperidine rings is 1. The quantitative estimate of drug-likeness (QED) is 0.797. The molecule has 1 aromatic rings. The van der Waals surface area contributed by atoms with Gasteiger partial charge < -0.3 is 0 Å². The molecule has 0 spiro atoms. The van der Waals surface area contributed by atoms with Gasteiger partial charge in [0.1, 0.15) is 4.21 Å². The molecule has 4 nitrogen and oxygen atoms in total. The summed E-state index contributed by atoms with van der Waals surface area (Å²) in [5, 5.41) is 1.83. The number of fused-ring (bicyclic) bond motifs is 1. The molecule has 1 aromatic heterocycles. The molecule has 2 saturated heterocycles. The average molecular weight is 335 g/mol. The number of alkyl halides is 1. The van der Waals surface area contributed by atoms with Crippen molar-refractivity contribution in [3.8, 4) is 0 Å². The summed E-state index contributed by atoms with van der Waals surface area (Å²) in [5.74, 6) is 0.364. The van der Waals surface area contributed by atoms with E-state index >= 15 is 0 Å². The highest BCUT2D eigenvalue weighted by atomic mass is 35.5. The van der Waals surface area contributed by atoms with Crippen LogP contribution in [0.25, 0.3) is 0 Å². The van der Waals surface area contributed by atoms with Crippen LogP contribution in [0.2, 0.25) is 0 Å². The summed E-state index contributed by atoms with van der Waals surface area (Å²) in [6.07, 6.45) is 3.57. The standard InChI is InChI=1S/C13H19ClN2O2S2/c14-8-11-7-13(19-10-11)20(17,18)16-6-5-15-4-2-1-3-12(15)9-16/h7,10,12H,1-6,8-9H2. The van der Waals surface area contributed by atoms with Crippen molar-refractivity contribution < 1.29 is 8.42 Å². The molecule has 3 rings (SSSR count). The van der Waals surface area contributed by atoms with E-state index in [1.165, 1.54) is 24.2 Å². The van der Waals surface area contributed by atoms with E-state index in [1.54, 1.807) is 10.4 Å². The summed E-state index contributed by atoms with van der Waals surface area (Å²) in [6.45, 7) is 3.22. The van der Waals surface area contributed by atoms with Crippen LogP contribution in [-0.4, -0.2) is 49.8 Å². The van der Waals surface area contributed by atoms with Gasteiger partial charge in [0.2, 0.25) is 0 Å². The van der Waals surface area contributed by atoms with Gasteiger partial charge in [-0.05, 0) is 36.4 Å². The minimum atomic E-state index is -3.34. The topological polar surface area (TPSA) is 40.6 Å². The van der Waals surface area contributed by atoms with E-state index in [0.717, 1.165) is 25.1 Å². The molecule has 0 aliphatic carbocycles. The first-order chi connectivity index (χ1) is 9.61. The second-order valence-electron chi connectivity index (χ2n) is 5.46. The van der Waals surface area contributed by atoms with Gasteiger partial charge in [0.25, 0.3) is 10.0 Å². The minimum absolute atomic E-state index is 0.364. The molecule has 1 unspecified atom stereocenters. The lowest BCUT2D eigenvalue weighted by molar-refractivity contribution is 0.0852. The Hall–Kier alpha value is -0.140. The van der Waals surface area contributed by atoms with Crippen molar-refractivity contribution in [3.63, 3.8) is 0 Å². The number of piperazine rings is 1. The second kappa shape index (κ2) is 5.93. The maximum absolute atomic E-state index is 12.7. The Kier molecular flexibility index (Phi) is 4.38. The van der Waals surface area contributed by atoms with Crippen molar-refractivity contribution in [1.29, 1.82) is 0 Å². The van der Waals surface area contributed by atoms with Crippen molar-refractivity contribution in [1.82, 2.24) is 9.21 Å².